The Kier molecular flexibility index (Phi) is 7.65. The highest BCUT2D eigenvalue weighted by atomic mass is 16.7. The molecule has 0 bridgehead atoms. The molecule has 2 heterocycles. The molecule has 10 heteroatoms. The molecular weight excluding hydrogens is 592 g/mol. The van der Waals surface area contributed by atoms with E-state index in [9.17, 15) is 35.7 Å². The van der Waals surface area contributed by atoms with Crippen molar-refractivity contribution in [1.82, 2.24) is 0 Å². The predicted molar refractivity (Wildman–Crippen MR) is 167 cm³/mol. The summed E-state index contributed by atoms with van der Waals surface area (Å²) in [6, 6.07) is 0. The molecule has 264 valence electrons. The van der Waals surface area contributed by atoms with Crippen molar-refractivity contribution in [2.24, 2.45) is 44.8 Å². The van der Waals surface area contributed by atoms with Gasteiger partial charge in [-0.25, -0.2) is 0 Å². The molecule has 17 atom stereocenters. The summed E-state index contributed by atoms with van der Waals surface area (Å²) in [5.74, 6) is 0.0768. The molecule has 0 aromatic rings. The van der Waals surface area contributed by atoms with Gasteiger partial charge in [0.2, 0.25) is 0 Å². The van der Waals surface area contributed by atoms with Crippen LogP contribution in [0.1, 0.15) is 106 Å². The summed E-state index contributed by atoms with van der Waals surface area (Å²) in [6.07, 6.45) is -1.07. The number of rotatable bonds is 5. The van der Waals surface area contributed by atoms with E-state index < -0.39 is 72.2 Å². The predicted octanol–water partition coefficient (Wildman–Crippen LogP) is 2.26. The molecule has 7 unspecified atom stereocenters. The molecule has 5 aliphatic carbocycles. The molecular formula is C36H60O10. The molecule has 0 aromatic heterocycles. The van der Waals surface area contributed by atoms with Gasteiger partial charge in [0, 0.05) is 5.92 Å². The molecule has 0 amide bonds. The molecule has 0 radical (unpaired) electrons. The van der Waals surface area contributed by atoms with Crippen LogP contribution in [0, 0.1) is 44.8 Å². The summed E-state index contributed by atoms with van der Waals surface area (Å²) in [4.78, 5) is 0. The van der Waals surface area contributed by atoms with Crippen molar-refractivity contribution in [2.45, 2.75) is 173 Å². The fraction of sp³-hybridized carbons (Fsp3) is 1.00. The first kappa shape index (κ1) is 34.1. The molecule has 2 spiro atoms. The zero-order valence-electron chi connectivity index (χ0n) is 28.9. The van der Waals surface area contributed by atoms with Gasteiger partial charge in [-0.2, -0.15) is 0 Å². The zero-order valence-corrected chi connectivity index (χ0v) is 28.9. The average molecular weight is 653 g/mol. The highest BCUT2D eigenvalue weighted by Crippen LogP contribution is 2.89. The molecule has 5 saturated carbocycles. The van der Waals surface area contributed by atoms with Crippen LogP contribution in [-0.2, 0) is 14.2 Å². The summed E-state index contributed by atoms with van der Waals surface area (Å²) in [5, 5.41) is 76.2. The molecule has 2 saturated heterocycles. The van der Waals surface area contributed by atoms with Gasteiger partial charge in [-0.05, 0) is 117 Å². The number of hydrogen-bond donors (Lipinski definition) is 7. The SMILES string of the molecule is CC(C)(O)C1CC[C@](C)(C2[C@@H](O)C[C@@]3(C)C4C[C@H](OC5O[C@H](CO)[C@@H](O)[C@H](O)[C@H]5O)C5C(C)(C)[C@@H](O)CCC56CC46CC[C@]23C)O1. The average Bonchev–Trinajstić information content (AvgIpc) is 3.33. The smallest absolute Gasteiger partial charge is 0.186 e. The van der Waals surface area contributed by atoms with Gasteiger partial charge in [0.15, 0.2) is 6.29 Å². The van der Waals surface area contributed by atoms with E-state index in [1.165, 1.54) is 0 Å². The number of aliphatic hydroxyl groups excluding tert-OH is 6. The lowest BCUT2D eigenvalue weighted by atomic mass is 9.41. The molecule has 7 fully saturated rings. The van der Waals surface area contributed by atoms with Crippen LogP contribution in [0.5, 0.6) is 0 Å². The molecule has 7 aliphatic rings. The molecule has 2 aliphatic heterocycles. The van der Waals surface area contributed by atoms with E-state index in [2.05, 4.69) is 34.6 Å². The minimum atomic E-state index is -1.53. The second-order valence-electron chi connectivity index (χ2n) is 18.7. The number of aliphatic hydroxyl groups is 7. The Balaban J connectivity index is 1.26. The summed E-state index contributed by atoms with van der Waals surface area (Å²) < 4.78 is 19.4. The fourth-order valence-electron chi connectivity index (χ4n) is 13.6. The maximum atomic E-state index is 12.0. The number of ether oxygens (including phenoxy) is 3. The fourth-order valence-corrected chi connectivity index (χ4v) is 13.6. The van der Waals surface area contributed by atoms with Gasteiger partial charge >= 0.3 is 0 Å². The van der Waals surface area contributed by atoms with E-state index >= 15 is 0 Å². The minimum absolute atomic E-state index is 0.0225. The lowest BCUT2D eigenvalue weighted by Crippen LogP contribution is -2.64. The van der Waals surface area contributed by atoms with Gasteiger partial charge in [0.1, 0.15) is 24.4 Å². The topological polar surface area (TPSA) is 169 Å². The Labute approximate surface area is 273 Å². The Hall–Kier alpha value is -0.400. The van der Waals surface area contributed by atoms with Crippen LogP contribution in [-0.4, -0.2) is 109 Å². The first-order chi connectivity index (χ1) is 21.2. The largest absolute Gasteiger partial charge is 0.394 e. The Morgan fingerprint density at radius 3 is 2.13 bits per heavy atom. The Bertz CT molecular complexity index is 1200. The Morgan fingerprint density at radius 1 is 0.804 bits per heavy atom. The monoisotopic (exact) mass is 652 g/mol. The van der Waals surface area contributed by atoms with Crippen molar-refractivity contribution < 1.29 is 50.0 Å². The molecule has 7 rings (SSSR count). The summed E-state index contributed by atoms with van der Waals surface area (Å²) in [7, 11) is 0. The normalized spacial score (nSPS) is 59.3. The standard InChI is InChI=1S/C36H60O10/c1-30(2)22(39)8-11-36-17-35(36)13-12-32(5)27(34(7)10-9-23(46-34)31(3,4)43)18(38)15-33(32,6)21(35)14-19(28(30)36)44-29-26(42)25(41)24(40)20(16-37)45-29/h18-29,37-43H,8-17H2,1-7H3/t18-,19-,20+,21?,22-,23?,24+,25-,26+,27?,28?,29?,32+,33-,34+,35?,36?/m0/s1. The van der Waals surface area contributed by atoms with Crippen molar-refractivity contribution in [3.05, 3.63) is 0 Å². The highest BCUT2D eigenvalue weighted by Gasteiger charge is 2.85. The molecule has 7 N–H and O–H groups in total. The van der Waals surface area contributed by atoms with Gasteiger partial charge in [0.05, 0.1) is 42.2 Å². The van der Waals surface area contributed by atoms with Crippen LogP contribution >= 0.6 is 0 Å². The van der Waals surface area contributed by atoms with Crippen LogP contribution in [0.4, 0.5) is 0 Å². The third kappa shape index (κ3) is 4.24. The van der Waals surface area contributed by atoms with Gasteiger partial charge < -0.3 is 50.0 Å². The van der Waals surface area contributed by atoms with Crippen molar-refractivity contribution in [2.75, 3.05) is 6.61 Å². The van der Waals surface area contributed by atoms with Gasteiger partial charge in [-0.3, -0.25) is 0 Å². The summed E-state index contributed by atoms with van der Waals surface area (Å²) in [5.41, 5.74) is -2.50. The van der Waals surface area contributed by atoms with Crippen molar-refractivity contribution >= 4 is 0 Å². The van der Waals surface area contributed by atoms with E-state index in [0.29, 0.717) is 19.3 Å². The van der Waals surface area contributed by atoms with E-state index in [1.54, 1.807) is 13.8 Å². The second kappa shape index (κ2) is 10.3. The summed E-state index contributed by atoms with van der Waals surface area (Å²) >= 11 is 0. The van der Waals surface area contributed by atoms with E-state index in [1.807, 2.05) is 0 Å². The van der Waals surface area contributed by atoms with Crippen LogP contribution in [0.2, 0.25) is 0 Å². The number of fused-ring (bicyclic) bond motifs is 2. The van der Waals surface area contributed by atoms with Gasteiger partial charge in [-0.1, -0.05) is 27.7 Å². The first-order valence-corrected chi connectivity index (χ1v) is 17.9. The maximum absolute atomic E-state index is 12.0. The van der Waals surface area contributed by atoms with Crippen LogP contribution in [0.15, 0.2) is 0 Å². The maximum Gasteiger partial charge on any atom is 0.186 e. The van der Waals surface area contributed by atoms with Crippen molar-refractivity contribution in [1.29, 1.82) is 0 Å². The first-order valence-electron chi connectivity index (χ1n) is 17.9. The van der Waals surface area contributed by atoms with Crippen molar-refractivity contribution in [3.63, 3.8) is 0 Å². The lowest BCUT2D eigenvalue weighted by Gasteiger charge is -2.65. The van der Waals surface area contributed by atoms with Gasteiger partial charge in [-0.15, -0.1) is 0 Å². The van der Waals surface area contributed by atoms with Crippen LogP contribution in [0.25, 0.3) is 0 Å². The Morgan fingerprint density at radius 2 is 1.50 bits per heavy atom. The van der Waals surface area contributed by atoms with E-state index in [0.717, 1.165) is 38.5 Å². The third-order valence-electron chi connectivity index (χ3n) is 15.9. The quantitative estimate of drug-likeness (QED) is 0.219. The highest BCUT2D eigenvalue weighted by molar-refractivity contribution is 5.33. The molecule has 10 nitrogen and oxygen atoms in total. The summed E-state index contributed by atoms with van der Waals surface area (Å²) in [6.45, 7) is 14.2. The van der Waals surface area contributed by atoms with E-state index in [-0.39, 0.29) is 45.5 Å². The third-order valence-corrected chi connectivity index (χ3v) is 15.9. The van der Waals surface area contributed by atoms with Crippen molar-refractivity contribution in [3.8, 4) is 0 Å². The van der Waals surface area contributed by atoms with Gasteiger partial charge in [0.25, 0.3) is 0 Å². The number of hydrogen-bond acceptors (Lipinski definition) is 10. The second-order valence-corrected chi connectivity index (χ2v) is 18.7. The van der Waals surface area contributed by atoms with E-state index in [4.69, 9.17) is 14.2 Å². The lowest BCUT2D eigenvalue weighted by molar-refractivity contribution is -0.331. The minimum Gasteiger partial charge on any atom is -0.394 e. The molecule has 46 heavy (non-hydrogen) atoms. The molecule has 0 aromatic carbocycles. The zero-order chi connectivity index (χ0) is 33.6. The van der Waals surface area contributed by atoms with Crippen LogP contribution < -0.4 is 0 Å². The van der Waals surface area contributed by atoms with Crippen LogP contribution in [0.3, 0.4) is 0 Å².